The minimum atomic E-state index is -4.63. The third kappa shape index (κ3) is 2.66. The molecule has 3 rings (SSSR count). The van der Waals surface area contributed by atoms with E-state index in [-0.39, 0.29) is 11.6 Å². The van der Waals surface area contributed by atoms with Gasteiger partial charge in [0.15, 0.2) is 11.4 Å². The van der Waals surface area contributed by atoms with Gasteiger partial charge in [-0.15, -0.1) is 0 Å². The molecule has 6 nitrogen and oxygen atoms in total. The molecule has 2 aromatic heterocycles. The van der Waals surface area contributed by atoms with Crippen LogP contribution in [0.2, 0.25) is 0 Å². The van der Waals surface area contributed by atoms with Crippen LogP contribution in [0.4, 0.5) is 19.1 Å². The van der Waals surface area contributed by atoms with Crippen LogP contribution in [0.5, 0.6) is 0 Å². The molecular weight excluding hydrogens is 391 g/mol. The van der Waals surface area contributed by atoms with Crippen molar-refractivity contribution in [1.29, 1.82) is 0 Å². The smallest absolute Gasteiger partial charge is 0.313 e. The van der Waals surface area contributed by atoms with Gasteiger partial charge in [0, 0.05) is 14.1 Å². The van der Waals surface area contributed by atoms with Crippen molar-refractivity contribution in [2.24, 2.45) is 14.1 Å². The Morgan fingerprint density at radius 1 is 1.25 bits per heavy atom. The molecule has 0 aliphatic carbocycles. The molecule has 0 saturated heterocycles. The molecular formula is C14H11BrF3N5O. The van der Waals surface area contributed by atoms with Crippen LogP contribution in [0.25, 0.3) is 11.0 Å². The summed E-state index contributed by atoms with van der Waals surface area (Å²) >= 11 is 2.81. The lowest BCUT2D eigenvalue weighted by Gasteiger charge is -2.06. The van der Waals surface area contributed by atoms with Crippen LogP contribution < -0.4 is 5.32 Å². The zero-order chi connectivity index (χ0) is 17.6. The van der Waals surface area contributed by atoms with E-state index in [0.717, 1.165) is 12.6 Å². The second-order valence-corrected chi connectivity index (χ2v) is 5.86. The first-order valence-corrected chi connectivity index (χ1v) is 7.52. The van der Waals surface area contributed by atoms with Gasteiger partial charge in [0.2, 0.25) is 5.95 Å². The maximum absolute atomic E-state index is 13.0. The number of aryl methyl sites for hydroxylation is 2. The lowest BCUT2D eigenvalue weighted by Crippen LogP contribution is -2.16. The summed E-state index contributed by atoms with van der Waals surface area (Å²) in [4.78, 5) is 16.6. The molecule has 0 bridgehead atoms. The van der Waals surface area contributed by atoms with Gasteiger partial charge < -0.3 is 4.57 Å². The topological polar surface area (TPSA) is 64.7 Å². The Bertz CT molecular complexity index is 944. The van der Waals surface area contributed by atoms with Crippen molar-refractivity contribution < 1.29 is 18.0 Å². The van der Waals surface area contributed by atoms with Gasteiger partial charge in [0.1, 0.15) is 0 Å². The van der Waals surface area contributed by atoms with Crippen LogP contribution in [-0.4, -0.2) is 25.2 Å². The van der Waals surface area contributed by atoms with Gasteiger partial charge in [-0.1, -0.05) is 12.1 Å². The number of fused-ring (bicyclic) bond motifs is 1. The number of alkyl halides is 3. The quantitative estimate of drug-likeness (QED) is 0.715. The van der Waals surface area contributed by atoms with E-state index < -0.39 is 22.3 Å². The Kier molecular flexibility index (Phi) is 3.86. The highest BCUT2D eigenvalue weighted by atomic mass is 79.9. The molecule has 126 valence electrons. The highest BCUT2D eigenvalue weighted by molar-refractivity contribution is 9.10. The first-order chi connectivity index (χ1) is 11.2. The van der Waals surface area contributed by atoms with E-state index >= 15 is 0 Å². The van der Waals surface area contributed by atoms with Crippen LogP contribution in [0, 0.1) is 0 Å². The van der Waals surface area contributed by atoms with Crippen LogP contribution in [0.3, 0.4) is 0 Å². The Labute approximate surface area is 142 Å². The SMILES string of the molecule is Cn1nc(C(=O)Nc2nc3ccccc3n2C)c(Br)c1C(F)(F)F. The number of amides is 1. The van der Waals surface area contributed by atoms with E-state index in [9.17, 15) is 18.0 Å². The first kappa shape index (κ1) is 16.5. The van der Waals surface area contributed by atoms with E-state index in [1.165, 1.54) is 0 Å². The third-order valence-electron chi connectivity index (χ3n) is 3.49. The number of aromatic nitrogens is 4. The lowest BCUT2D eigenvalue weighted by atomic mass is 10.3. The summed E-state index contributed by atoms with van der Waals surface area (Å²) in [6, 6.07) is 7.20. The predicted octanol–water partition coefficient (Wildman–Crippen LogP) is 3.34. The molecule has 0 spiro atoms. The fourth-order valence-corrected chi connectivity index (χ4v) is 3.11. The van der Waals surface area contributed by atoms with Crippen molar-refractivity contribution in [1.82, 2.24) is 19.3 Å². The van der Waals surface area contributed by atoms with Crippen LogP contribution in [0.1, 0.15) is 16.2 Å². The van der Waals surface area contributed by atoms with Crippen molar-refractivity contribution in [2.45, 2.75) is 6.18 Å². The predicted molar refractivity (Wildman–Crippen MR) is 84.6 cm³/mol. The van der Waals surface area contributed by atoms with Gasteiger partial charge in [-0.3, -0.25) is 14.8 Å². The summed E-state index contributed by atoms with van der Waals surface area (Å²) in [6.45, 7) is 0. The molecule has 0 saturated carbocycles. The van der Waals surface area contributed by atoms with Crippen molar-refractivity contribution >= 4 is 38.8 Å². The van der Waals surface area contributed by atoms with Crippen LogP contribution >= 0.6 is 15.9 Å². The number of halogens is 4. The maximum Gasteiger partial charge on any atom is 0.434 e. The summed E-state index contributed by atoms with van der Waals surface area (Å²) in [5, 5.41) is 6.15. The number of nitrogens with one attached hydrogen (secondary N) is 1. The highest BCUT2D eigenvalue weighted by Gasteiger charge is 2.39. The number of benzene rings is 1. The van der Waals surface area contributed by atoms with E-state index in [0.29, 0.717) is 10.2 Å². The molecule has 1 aromatic carbocycles. The molecule has 0 aliphatic heterocycles. The molecule has 10 heteroatoms. The molecule has 0 radical (unpaired) electrons. The number of hydrogen-bond donors (Lipinski definition) is 1. The van der Waals surface area contributed by atoms with Crippen molar-refractivity contribution in [3.8, 4) is 0 Å². The Balaban J connectivity index is 1.97. The van der Waals surface area contributed by atoms with E-state index in [1.54, 1.807) is 23.7 Å². The number of rotatable bonds is 2. The lowest BCUT2D eigenvalue weighted by molar-refractivity contribution is -0.144. The Morgan fingerprint density at radius 2 is 1.92 bits per heavy atom. The number of hydrogen-bond acceptors (Lipinski definition) is 3. The van der Waals surface area contributed by atoms with Gasteiger partial charge in [0.25, 0.3) is 5.91 Å². The summed E-state index contributed by atoms with van der Waals surface area (Å²) in [5.41, 5.74) is 0.0461. The molecule has 0 aliphatic rings. The molecule has 3 aromatic rings. The minimum Gasteiger partial charge on any atom is -0.313 e. The zero-order valence-corrected chi connectivity index (χ0v) is 14.1. The summed E-state index contributed by atoms with van der Waals surface area (Å²) in [5.74, 6) is -0.571. The third-order valence-corrected chi connectivity index (χ3v) is 4.24. The van der Waals surface area contributed by atoms with Gasteiger partial charge in [-0.2, -0.15) is 18.3 Å². The maximum atomic E-state index is 13.0. The number of imidazole rings is 1. The second-order valence-electron chi connectivity index (χ2n) is 5.07. The number of anilines is 1. The number of para-hydroxylation sites is 2. The fraction of sp³-hybridized carbons (Fsp3) is 0.214. The van der Waals surface area contributed by atoms with Crippen molar-refractivity contribution in [3.05, 3.63) is 40.1 Å². The minimum absolute atomic E-state index is 0.215. The number of nitrogens with zero attached hydrogens (tertiary/aromatic N) is 4. The second kappa shape index (κ2) is 5.62. The molecule has 0 unspecified atom stereocenters. The molecule has 2 heterocycles. The zero-order valence-electron chi connectivity index (χ0n) is 12.5. The van der Waals surface area contributed by atoms with Gasteiger partial charge in [0.05, 0.1) is 15.5 Å². The summed E-state index contributed by atoms with van der Waals surface area (Å²) < 4.78 is 40.8. The van der Waals surface area contributed by atoms with E-state index in [4.69, 9.17) is 0 Å². The Hall–Kier alpha value is -2.36. The van der Waals surface area contributed by atoms with Crippen molar-refractivity contribution in [2.75, 3.05) is 5.32 Å². The molecule has 0 fully saturated rings. The Morgan fingerprint density at radius 3 is 2.50 bits per heavy atom. The average Bonchev–Trinajstić information content (AvgIpc) is 2.96. The van der Waals surface area contributed by atoms with Crippen molar-refractivity contribution in [3.63, 3.8) is 0 Å². The van der Waals surface area contributed by atoms with Gasteiger partial charge in [-0.05, 0) is 28.1 Å². The number of carbonyl (C=O) groups is 1. The van der Waals surface area contributed by atoms with Crippen LogP contribution in [0.15, 0.2) is 28.7 Å². The summed E-state index contributed by atoms with van der Waals surface area (Å²) in [7, 11) is 2.82. The van der Waals surface area contributed by atoms with Crippen LogP contribution in [-0.2, 0) is 20.3 Å². The molecule has 24 heavy (non-hydrogen) atoms. The van der Waals surface area contributed by atoms with Gasteiger partial charge in [-0.25, -0.2) is 4.98 Å². The highest BCUT2D eigenvalue weighted by Crippen LogP contribution is 2.36. The van der Waals surface area contributed by atoms with E-state index in [1.807, 2.05) is 12.1 Å². The average molecular weight is 402 g/mol. The standard InChI is InChI=1S/C14H11BrF3N5O/c1-22-8-6-4-3-5-7(8)19-13(22)20-12(24)10-9(15)11(14(16,17)18)23(2)21-10/h3-6H,1-2H3,(H,19,20,24). The largest absolute Gasteiger partial charge is 0.434 e. The molecule has 1 amide bonds. The molecule has 0 atom stereocenters. The van der Waals surface area contributed by atoms with Gasteiger partial charge >= 0.3 is 6.18 Å². The molecule has 1 N–H and O–H groups in total. The monoisotopic (exact) mass is 401 g/mol. The first-order valence-electron chi connectivity index (χ1n) is 6.72. The normalized spacial score (nSPS) is 11.9. The fourth-order valence-electron chi connectivity index (χ4n) is 2.37. The number of carbonyl (C=O) groups excluding carboxylic acids is 1. The summed E-state index contributed by atoms with van der Waals surface area (Å²) in [6.07, 6.45) is -4.63. The van der Waals surface area contributed by atoms with E-state index in [2.05, 4.69) is 31.3 Å².